The number of benzene rings is 1. The van der Waals surface area contributed by atoms with Crippen molar-refractivity contribution in [3.63, 3.8) is 0 Å². The Balaban J connectivity index is 1.64. The van der Waals surface area contributed by atoms with Crippen LogP contribution in [0.1, 0.15) is 56.9 Å². The summed E-state index contributed by atoms with van der Waals surface area (Å²) in [5, 5.41) is 0. The van der Waals surface area contributed by atoms with Crippen molar-refractivity contribution >= 4 is 5.97 Å². The summed E-state index contributed by atoms with van der Waals surface area (Å²) in [5.74, 6) is -0.113. The molecule has 0 aromatic heterocycles. The molecule has 0 N–H and O–H groups in total. The number of rotatable bonds is 3. The molecule has 2 saturated carbocycles. The molecule has 1 saturated heterocycles. The van der Waals surface area contributed by atoms with Gasteiger partial charge in [0.1, 0.15) is 11.7 Å². The predicted molar refractivity (Wildman–Crippen MR) is 78.8 cm³/mol. The molecular weight excluding hydrogens is 264 g/mol. The smallest absolute Gasteiger partial charge is 0.342 e. The predicted octanol–water partition coefficient (Wildman–Crippen LogP) is 3.71. The van der Waals surface area contributed by atoms with Gasteiger partial charge in [-0.15, -0.1) is 0 Å². The van der Waals surface area contributed by atoms with Crippen LogP contribution in [-0.4, -0.2) is 17.7 Å². The zero-order chi connectivity index (χ0) is 14.3. The highest BCUT2D eigenvalue weighted by atomic mass is 16.7. The normalized spacial score (nSPS) is 35.2. The Hall–Kier alpha value is -1.35. The number of ether oxygens (including phenoxy) is 2. The maximum Gasteiger partial charge on any atom is 0.342 e. The molecule has 2 unspecified atom stereocenters. The maximum absolute atomic E-state index is 12.7. The van der Waals surface area contributed by atoms with E-state index in [2.05, 4.69) is 12.1 Å². The van der Waals surface area contributed by atoms with Gasteiger partial charge in [-0.05, 0) is 44.1 Å². The lowest BCUT2D eigenvalue weighted by atomic mass is 9.82. The molecule has 3 fully saturated rings. The van der Waals surface area contributed by atoms with Gasteiger partial charge in [-0.1, -0.05) is 43.2 Å². The summed E-state index contributed by atoms with van der Waals surface area (Å²) in [4.78, 5) is 12.7. The van der Waals surface area contributed by atoms with Gasteiger partial charge in [0.15, 0.2) is 5.60 Å². The Bertz CT molecular complexity index is 537. The molecule has 3 aliphatic rings. The van der Waals surface area contributed by atoms with Crippen molar-refractivity contribution in [1.82, 2.24) is 0 Å². The van der Waals surface area contributed by atoms with E-state index in [9.17, 15) is 4.79 Å². The van der Waals surface area contributed by atoms with Gasteiger partial charge in [-0.25, -0.2) is 4.79 Å². The van der Waals surface area contributed by atoms with Gasteiger partial charge < -0.3 is 9.47 Å². The third-order valence-electron chi connectivity index (χ3n) is 5.41. The van der Waals surface area contributed by atoms with E-state index in [4.69, 9.17) is 9.47 Å². The molecular formula is C18H22O3. The minimum Gasteiger partial charge on any atom is -0.460 e. The van der Waals surface area contributed by atoms with Crippen LogP contribution in [0.15, 0.2) is 30.3 Å². The van der Waals surface area contributed by atoms with Gasteiger partial charge >= 0.3 is 5.97 Å². The first-order valence-electron chi connectivity index (χ1n) is 8.24. The first kappa shape index (κ1) is 13.3. The third-order valence-corrected chi connectivity index (χ3v) is 5.41. The lowest BCUT2D eigenvalue weighted by Crippen LogP contribution is -2.38. The van der Waals surface area contributed by atoms with Gasteiger partial charge in [0, 0.05) is 0 Å². The summed E-state index contributed by atoms with van der Waals surface area (Å²) < 4.78 is 11.9. The average Bonchev–Trinajstić information content (AvgIpc) is 3.15. The highest BCUT2D eigenvalue weighted by Crippen LogP contribution is 2.63. The van der Waals surface area contributed by atoms with Crippen molar-refractivity contribution in [3.8, 4) is 0 Å². The lowest BCUT2D eigenvalue weighted by molar-refractivity contribution is -0.160. The van der Waals surface area contributed by atoms with Crippen molar-refractivity contribution in [2.75, 3.05) is 0 Å². The third kappa shape index (κ3) is 1.94. The fourth-order valence-electron chi connectivity index (χ4n) is 3.89. The fraction of sp³-hybridized carbons (Fsp3) is 0.611. The van der Waals surface area contributed by atoms with E-state index in [1.807, 2.05) is 18.2 Å². The van der Waals surface area contributed by atoms with Gasteiger partial charge in [-0.3, -0.25) is 0 Å². The van der Waals surface area contributed by atoms with E-state index in [0.29, 0.717) is 0 Å². The van der Waals surface area contributed by atoms with Crippen LogP contribution in [0.3, 0.4) is 0 Å². The minimum atomic E-state index is -0.708. The van der Waals surface area contributed by atoms with E-state index < -0.39 is 11.2 Å². The first-order valence-corrected chi connectivity index (χ1v) is 8.24. The number of hydrogen-bond acceptors (Lipinski definition) is 3. The molecule has 1 aromatic carbocycles. The number of carbonyl (C=O) groups excluding carboxylic acids is 1. The molecule has 2 aliphatic carbocycles. The van der Waals surface area contributed by atoms with E-state index in [1.54, 1.807) is 0 Å². The van der Waals surface area contributed by atoms with Crippen molar-refractivity contribution in [2.45, 2.75) is 68.7 Å². The molecule has 3 heteroatoms. The molecule has 0 bridgehead atoms. The number of hydrogen-bond donors (Lipinski definition) is 0. The summed E-state index contributed by atoms with van der Waals surface area (Å²) in [6, 6.07) is 10.2. The number of fused-ring (bicyclic) bond motifs is 1. The second-order valence-corrected chi connectivity index (χ2v) is 6.64. The van der Waals surface area contributed by atoms with Crippen LogP contribution in [0.4, 0.5) is 0 Å². The molecule has 0 radical (unpaired) electrons. The lowest BCUT2D eigenvalue weighted by Gasteiger charge is -2.27. The summed E-state index contributed by atoms with van der Waals surface area (Å²) in [6.07, 6.45) is 8.41. The van der Waals surface area contributed by atoms with Crippen molar-refractivity contribution in [2.24, 2.45) is 0 Å². The van der Waals surface area contributed by atoms with Crippen LogP contribution in [0.25, 0.3) is 0 Å². The van der Waals surface area contributed by atoms with E-state index in [1.165, 1.54) is 12.8 Å². The largest absolute Gasteiger partial charge is 0.460 e. The molecule has 4 rings (SSSR count). The van der Waals surface area contributed by atoms with Crippen LogP contribution in [0, 0.1) is 0 Å². The molecule has 0 spiro atoms. The van der Waals surface area contributed by atoms with Gasteiger partial charge in [0.25, 0.3) is 0 Å². The van der Waals surface area contributed by atoms with E-state index in [-0.39, 0.29) is 12.1 Å². The Labute approximate surface area is 125 Å². The van der Waals surface area contributed by atoms with Crippen LogP contribution in [0.5, 0.6) is 0 Å². The second kappa shape index (κ2) is 4.84. The van der Waals surface area contributed by atoms with Crippen LogP contribution >= 0.6 is 0 Å². The molecule has 3 nitrogen and oxygen atoms in total. The Morgan fingerprint density at radius 2 is 1.81 bits per heavy atom. The Morgan fingerprint density at radius 3 is 2.52 bits per heavy atom. The van der Waals surface area contributed by atoms with Crippen LogP contribution in [-0.2, 0) is 19.9 Å². The summed E-state index contributed by atoms with van der Waals surface area (Å²) >= 11 is 0. The van der Waals surface area contributed by atoms with Gasteiger partial charge in [0.2, 0.25) is 0 Å². The molecule has 1 aliphatic heterocycles. The van der Waals surface area contributed by atoms with Crippen molar-refractivity contribution in [3.05, 3.63) is 35.9 Å². The second-order valence-electron chi connectivity index (χ2n) is 6.64. The zero-order valence-corrected chi connectivity index (χ0v) is 12.3. The summed E-state index contributed by atoms with van der Waals surface area (Å²) in [5.41, 5.74) is 0.00363. The summed E-state index contributed by atoms with van der Waals surface area (Å²) in [7, 11) is 0. The quantitative estimate of drug-likeness (QED) is 0.628. The minimum absolute atomic E-state index is 0.113. The molecule has 21 heavy (non-hydrogen) atoms. The first-order chi connectivity index (χ1) is 10.3. The number of epoxide rings is 1. The van der Waals surface area contributed by atoms with Gasteiger partial charge in [0.05, 0.1) is 0 Å². The standard InChI is InChI=1S/C18H22O3/c19-16(20-15-10-7-11-15)18-13-6-2-5-12-17(18,21-18)14-8-3-1-4-9-14/h1,3-4,8-9,15H,2,5-7,10-13H2. The van der Waals surface area contributed by atoms with Crippen LogP contribution < -0.4 is 0 Å². The van der Waals surface area contributed by atoms with E-state index >= 15 is 0 Å². The maximum atomic E-state index is 12.7. The Morgan fingerprint density at radius 1 is 1.05 bits per heavy atom. The molecule has 0 amide bonds. The molecule has 1 heterocycles. The highest BCUT2D eigenvalue weighted by molar-refractivity contribution is 5.85. The summed E-state index contributed by atoms with van der Waals surface area (Å²) in [6.45, 7) is 0. The number of carbonyl (C=O) groups is 1. The van der Waals surface area contributed by atoms with Crippen molar-refractivity contribution < 1.29 is 14.3 Å². The molecule has 2 atom stereocenters. The Kier molecular flexibility index (Phi) is 3.07. The molecule has 1 aromatic rings. The number of esters is 1. The van der Waals surface area contributed by atoms with Gasteiger partial charge in [-0.2, -0.15) is 0 Å². The fourth-order valence-corrected chi connectivity index (χ4v) is 3.89. The average molecular weight is 286 g/mol. The monoisotopic (exact) mass is 286 g/mol. The SMILES string of the molecule is O=C(OC1CCC1)C12CCCCCC1(c1ccccc1)O2. The van der Waals surface area contributed by atoms with E-state index in [0.717, 1.165) is 44.1 Å². The van der Waals surface area contributed by atoms with Crippen LogP contribution in [0.2, 0.25) is 0 Å². The topological polar surface area (TPSA) is 38.8 Å². The zero-order valence-electron chi connectivity index (χ0n) is 12.3. The van der Waals surface area contributed by atoms with Crippen molar-refractivity contribution in [1.29, 1.82) is 0 Å². The molecule has 112 valence electrons. The highest BCUT2D eigenvalue weighted by Gasteiger charge is 2.75.